The first-order chi connectivity index (χ1) is 19.1. The highest BCUT2D eigenvalue weighted by molar-refractivity contribution is 5.94. The van der Waals surface area contributed by atoms with Crippen molar-refractivity contribution < 1.29 is 29.4 Å². The second-order valence-corrected chi connectivity index (χ2v) is 9.77. The van der Waals surface area contributed by atoms with Crippen LogP contribution in [0.1, 0.15) is 50.5 Å². The van der Waals surface area contributed by atoms with E-state index in [1.54, 1.807) is 12.1 Å². The molecule has 1 heterocycles. The van der Waals surface area contributed by atoms with Gasteiger partial charge in [0.25, 0.3) is 0 Å². The van der Waals surface area contributed by atoms with Crippen LogP contribution in [0.15, 0.2) is 29.3 Å². The molecular formula is C26H42N8O6. The van der Waals surface area contributed by atoms with Gasteiger partial charge in [-0.2, -0.15) is 0 Å². The Morgan fingerprint density at radius 2 is 1.60 bits per heavy atom. The van der Waals surface area contributed by atoms with Gasteiger partial charge in [-0.1, -0.05) is 12.1 Å². The number of unbranched alkanes of at least 4 members (excludes halogenated alkanes) is 1. The van der Waals surface area contributed by atoms with Crippen LogP contribution in [0.4, 0.5) is 0 Å². The minimum absolute atomic E-state index is 0.0197. The molecule has 12 N–H and O–H groups in total. The third kappa shape index (κ3) is 11.5. The smallest absolute Gasteiger partial charge is 0.326 e. The van der Waals surface area contributed by atoms with Crippen molar-refractivity contribution in [3.8, 4) is 5.75 Å². The number of nitrogens with zero attached hydrogens (tertiary/aromatic N) is 1. The van der Waals surface area contributed by atoms with Gasteiger partial charge in [0, 0.05) is 13.0 Å². The number of hydrogen-bond donors (Lipinski definition) is 9. The molecule has 3 amide bonds. The van der Waals surface area contributed by atoms with Crippen LogP contribution in [-0.2, 0) is 25.6 Å². The van der Waals surface area contributed by atoms with Crippen LogP contribution >= 0.6 is 0 Å². The van der Waals surface area contributed by atoms with Gasteiger partial charge < -0.3 is 48.7 Å². The number of carboxylic acids is 1. The third-order valence-corrected chi connectivity index (χ3v) is 6.53. The lowest BCUT2D eigenvalue weighted by molar-refractivity contribution is -0.142. The molecule has 1 aromatic rings. The highest BCUT2D eigenvalue weighted by atomic mass is 16.4. The van der Waals surface area contributed by atoms with E-state index >= 15 is 0 Å². The number of phenolic OH excluding ortho intramolecular Hbond substituents is 1. The molecule has 222 valence electrons. The van der Waals surface area contributed by atoms with E-state index in [-0.39, 0.29) is 37.0 Å². The molecule has 0 spiro atoms. The zero-order valence-corrected chi connectivity index (χ0v) is 22.6. The van der Waals surface area contributed by atoms with Crippen LogP contribution in [-0.4, -0.2) is 83.7 Å². The molecule has 1 aliphatic rings. The Bertz CT molecular complexity index is 1010. The Labute approximate surface area is 233 Å². The lowest BCUT2D eigenvalue weighted by Gasteiger charge is -2.25. The van der Waals surface area contributed by atoms with Crippen molar-refractivity contribution in [2.45, 2.75) is 75.5 Å². The zero-order valence-electron chi connectivity index (χ0n) is 22.6. The van der Waals surface area contributed by atoms with Crippen molar-refractivity contribution in [3.05, 3.63) is 29.8 Å². The second-order valence-electron chi connectivity index (χ2n) is 9.77. The number of amides is 3. The van der Waals surface area contributed by atoms with Gasteiger partial charge in [-0.15, -0.1) is 0 Å². The number of nitrogens with two attached hydrogens (primary N) is 3. The minimum atomic E-state index is -1.25. The van der Waals surface area contributed by atoms with E-state index in [9.17, 15) is 29.4 Å². The summed E-state index contributed by atoms with van der Waals surface area (Å²) in [6, 6.07) is 2.38. The van der Waals surface area contributed by atoms with E-state index in [1.165, 1.54) is 12.1 Å². The molecule has 2 rings (SSSR count). The maximum atomic E-state index is 13.4. The summed E-state index contributed by atoms with van der Waals surface area (Å²) in [6.07, 6.45) is 3.45. The van der Waals surface area contributed by atoms with Gasteiger partial charge in [0.05, 0.1) is 6.04 Å². The molecule has 1 aromatic carbocycles. The van der Waals surface area contributed by atoms with Crippen LogP contribution < -0.4 is 38.5 Å². The van der Waals surface area contributed by atoms with Crippen LogP contribution in [0.3, 0.4) is 0 Å². The summed E-state index contributed by atoms with van der Waals surface area (Å²) in [5.41, 5.74) is 16.8. The molecule has 40 heavy (non-hydrogen) atoms. The molecule has 4 unspecified atom stereocenters. The predicted octanol–water partition coefficient (Wildman–Crippen LogP) is -1.59. The number of benzene rings is 1. The van der Waals surface area contributed by atoms with Gasteiger partial charge in [-0.05, 0) is 75.7 Å². The number of aliphatic imine (C=N–C) groups is 1. The average molecular weight is 563 g/mol. The average Bonchev–Trinajstić information content (AvgIpc) is 3.45. The summed E-state index contributed by atoms with van der Waals surface area (Å²) in [4.78, 5) is 55.1. The van der Waals surface area contributed by atoms with Gasteiger partial charge in [0.1, 0.15) is 23.9 Å². The van der Waals surface area contributed by atoms with Gasteiger partial charge in [-0.25, -0.2) is 4.79 Å². The standard InChI is InChI=1S/C26H42N8O6/c27-12-2-1-5-19(32-22(36)18-6-3-13-30-18)23(37)34-21(15-16-8-10-17(35)11-9-16)24(38)33-20(25(39)40)7-4-14-31-26(28)29/h8-11,18-21,30,35H,1-7,12-15,27H2,(H,32,36)(H,33,38)(H,34,37)(H,39,40)(H4,28,29,31). The van der Waals surface area contributed by atoms with E-state index in [4.69, 9.17) is 17.2 Å². The number of carboxylic acid groups (broad SMARTS) is 1. The highest BCUT2D eigenvalue weighted by Gasteiger charge is 2.31. The van der Waals surface area contributed by atoms with Crippen molar-refractivity contribution in [2.75, 3.05) is 19.6 Å². The SMILES string of the molecule is NCCCCC(NC(=O)C1CCCN1)C(=O)NC(Cc1ccc(O)cc1)C(=O)NC(CCCN=C(N)N)C(=O)O. The number of carbonyl (C=O) groups excluding carboxylic acids is 3. The topological polar surface area (TPSA) is 247 Å². The predicted molar refractivity (Wildman–Crippen MR) is 149 cm³/mol. The third-order valence-electron chi connectivity index (χ3n) is 6.53. The van der Waals surface area contributed by atoms with Crippen molar-refractivity contribution in [1.82, 2.24) is 21.3 Å². The van der Waals surface area contributed by atoms with Crippen LogP contribution in [0.25, 0.3) is 0 Å². The summed E-state index contributed by atoms with van der Waals surface area (Å²) in [6.45, 7) is 1.33. The van der Waals surface area contributed by atoms with E-state index in [0.29, 0.717) is 50.8 Å². The van der Waals surface area contributed by atoms with Crippen molar-refractivity contribution in [2.24, 2.45) is 22.2 Å². The Hall–Kier alpha value is -3.91. The summed E-state index contributed by atoms with van der Waals surface area (Å²) < 4.78 is 0. The first kappa shape index (κ1) is 32.3. The number of carbonyl (C=O) groups is 4. The van der Waals surface area contributed by atoms with Crippen molar-refractivity contribution >= 4 is 29.7 Å². The lowest BCUT2D eigenvalue weighted by atomic mass is 10.0. The van der Waals surface area contributed by atoms with Crippen LogP contribution in [0.2, 0.25) is 0 Å². The van der Waals surface area contributed by atoms with Crippen LogP contribution in [0, 0.1) is 0 Å². The fraction of sp³-hybridized carbons (Fsp3) is 0.577. The number of nitrogens with one attached hydrogen (secondary N) is 4. The number of aliphatic carboxylic acids is 1. The number of rotatable bonds is 17. The lowest BCUT2D eigenvalue weighted by Crippen LogP contribution is -2.57. The molecular weight excluding hydrogens is 520 g/mol. The summed E-state index contributed by atoms with van der Waals surface area (Å²) >= 11 is 0. The van der Waals surface area contributed by atoms with Crippen molar-refractivity contribution in [3.63, 3.8) is 0 Å². The molecule has 1 fully saturated rings. The molecule has 1 saturated heterocycles. The van der Waals surface area contributed by atoms with Crippen molar-refractivity contribution in [1.29, 1.82) is 0 Å². The quantitative estimate of drug-likeness (QED) is 0.0598. The number of guanidine groups is 1. The van der Waals surface area contributed by atoms with Gasteiger partial charge in [0.15, 0.2) is 5.96 Å². The molecule has 0 saturated carbocycles. The van der Waals surface area contributed by atoms with E-state index in [1.807, 2.05) is 0 Å². The molecule has 0 radical (unpaired) electrons. The number of hydrogen-bond acceptors (Lipinski definition) is 8. The molecule has 0 aromatic heterocycles. The Balaban J connectivity index is 2.18. The fourth-order valence-electron chi connectivity index (χ4n) is 4.32. The maximum Gasteiger partial charge on any atom is 0.326 e. The maximum absolute atomic E-state index is 13.4. The van der Waals surface area contributed by atoms with Gasteiger partial charge in [-0.3, -0.25) is 19.4 Å². The second kappa shape index (κ2) is 16.9. The van der Waals surface area contributed by atoms with E-state index in [2.05, 4.69) is 26.3 Å². The first-order valence-corrected chi connectivity index (χ1v) is 13.5. The first-order valence-electron chi connectivity index (χ1n) is 13.5. The zero-order chi connectivity index (χ0) is 29.5. The normalized spacial score (nSPS) is 16.8. The van der Waals surface area contributed by atoms with Gasteiger partial charge >= 0.3 is 5.97 Å². The summed E-state index contributed by atoms with van der Waals surface area (Å²) in [5.74, 6) is -2.91. The van der Waals surface area contributed by atoms with E-state index in [0.717, 1.165) is 6.42 Å². The Kier molecular flexibility index (Phi) is 13.7. The number of aromatic hydroxyl groups is 1. The molecule has 0 aliphatic carbocycles. The summed E-state index contributed by atoms with van der Waals surface area (Å²) in [5, 5.41) is 30.3. The van der Waals surface area contributed by atoms with Gasteiger partial charge in [0.2, 0.25) is 17.7 Å². The molecule has 4 atom stereocenters. The van der Waals surface area contributed by atoms with E-state index < -0.39 is 42.0 Å². The molecule has 1 aliphatic heterocycles. The number of phenols is 1. The largest absolute Gasteiger partial charge is 0.508 e. The Morgan fingerprint density at radius 3 is 2.20 bits per heavy atom. The Morgan fingerprint density at radius 1 is 0.950 bits per heavy atom. The highest BCUT2D eigenvalue weighted by Crippen LogP contribution is 2.13. The fourth-order valence-corrected chi connectivity index (χ4v) is 4.32. The molecule has 0 bridgehead atoms. The molecule has 14 nitrogen and oxygen atoms in total. The monoisotopic (exact) mass is 562 g/mol. The van der Waals surface area contributed by atoms with Crippen LogP contribution in [0.5, 0.6) is 5.75 Å². The minimum Gasteiger partial charge on any atom is -0.508 e. The molecule has 14 heteroatoms. The summed E-state index contributed by atoms with van der Waals surface area (Å²) in [7, 11) is 0.